The van der Waals surface area contributed by atoms with E-state index in [9.17, 15) is 14.7 Å². The Kier molecular flexibility index (Phi) is 9.90. The second-order valence-electron chi connectivity index (χ2n) is 13.1. The monoisotopic (exact) mass is 651 g/mol. The molecule has 3 fully saturated rings. The van der Waals surface area contributed by atoms with Crippen molar-refractivity contribution in [1.82, 2.24) is 9.80 Å². The fourth-order valence-corrected chi connectivity index (χ4v) is 10.6. The highest BCUT2D eigenvalue weighted by Gasteiger charge is 2.76. The molecule has 3 amide bonds. The number of hydrogen-bond acceptors (Lipinski definition) is 5. The number of carbonyl (C=O) groups excluding carboxylic acids is 3. The number of aliphatic hydroxyl groups is 1. The van der Waals surface area contributed by atoms with Gasteiger partial charge in [-0.25, -0.2) is 0 Å². The fourth-order valence-electron chi connectivity index (χ4n) is 8.24. The summed E-state index contributed by atoms with van der Waals surface area (Å²) < 4.78 is -0.723. The van der Waals surface area contributed by atoms with Crippen LogP contribution in [0.15, 0.2) is 98.1 Å². The molecule has 3 aliphatic heterocycles. The highest BCUT2D eigenvalue weighted by molar-refractivity contribution is 8.02. The molecule has 6 rings (SSSR count). The number of unbranched alkanes of at least 4 members (excludes halogenated alkanes) is 2. The minimum atomic E-state index is -0.723. The Labute approximate surface area is 282 Å². The van der Waals surface area contributed by atoms with Gasteiger partial charge in [-0.15, -0.1) is 24.9 Å². The number of aliphatic hydroxyl groups excluding tert-OH is 1. The summed E-state index contributed by atoms with van der Waals surface area (Å²) in [7, 11) is 0. The number of nitrogens with zero attached hydrogens (tertiary/aromatic N) is 3. The molecule has 1 spiro atoms. The first-order valence-electron chi connectivity index (χ1n) is 16.8. The van der Waals surface area contributed by atoms with Crippen LogP contribution >= 0.6 is 11.8 Å². The number of anilines is 1. The van der Waals surface area contributed by atoms with Crippen molar-refractivity contribution < 1.29 is 19.5 Å². The largest absolute Gasteiger partial charge is 0.396 e. The van der Waals surface area contributed by atoms with Gasteiger partial charge >= 0.3 is 0 Å². The molecule has 7 nitrogen and oxygen atoms in total. The maximum absolute atomic E-state index is 15.1. The molecule has 3 aromatic carbocycles. The third kappa shape index (κ3) is 5.91. The van der Waals surface area contributed by atoms with Crippen LogP contribution in [0.1, 0.15) is 38.2 Å². The molecular formula is C39H45N3O4S. The molecule has 8 heteroatoms. The number of amides is 3. The van der Waals surface area contributed by atoms with E-state index in [0.717, 1.165) is 34.9 Å². The van der Waals surface area contributed by atoms with Crippen molar-refractivity contribution in [2.75, 3.05) is 31.1 Å². The van der Waals surface area contributed by atoms with Crippen molar-refractivity contribution in [3.05, 3.63) is 104 Å². The van der Waals surface area contributed by atoms with Crippen LogP contribution in [0.4, 0.5) is 5.69 Å². The van der Waals surface area contributed by atoms with Gasteiger partial charge in [-0.1, -0.05) is 79.7 Å². The SMILES string of the molecule is C=CCN(Cc1ccccc1)C(=O)[C@@H]1[C@@H]2CC(C)C3(S2)C(C(=O)N(CC=C)c2ccc4ccccc4c2)N(CCCCCO)C(=O)[C@H]13. The third-order valence-electron chi connectivity index (χ3n) is 10.3. The van der Waals surface area contributed by atoms with Gasteiger partial charge in [-0.05, 0) is 60.1 Å². The summed E-state index contributed by atoms with van der Waals surface area (Å²) in [6, 6.07) is 23.3. The predicted molar refractivity (Wildman–Crippen MR) is 190 cm³/mol. The van der Waals surface area contributed by atoms with Crippen LogP contribution in [0.25, 0.3) is 10.8 Å². The number of benzene rings is 3. The topological polar surface area (TPSA) is 81.2 Å². The summed E-state index contributed by atoms with van der Waals surface area (Å²) in [5, 5.41) is 11.5. The molecule has 1 N–H and O–H groups in total. The van der Waals surface area contributed by atoms with Gasteiger partial charge in [0.05, 0.1) is 16.6 Å². The van der Waals surface area contributed by atoms with Crippen molar-refractivity contribution in [3.63, 3.8) is 0 Å². The maximum atomic E-state index is 15.1. The Bertz CT molecular complexity index is 1650. The fraction of sp³-hybridized carbons (Fsp3) is 0.410. The summed E-state index contributed by atoms with van der Waals surface area (Å²) in [6.45, 7) is 11.7. The van der Waals surface area contributed by atoms with Crippen molar-refractivity contribution in [3.8, 4) is 0 Å². The lowest BCUT2D eigenvalue weighted by Gasteiger charge is -2.41. The summed E-state index contributed by atoms with van der Waals surface area (Å²) >= 11 is 1.71. The Hall–Kier alpha value is -3.88. The van der Waals surface area contributed by atoms with Gasteiger partial charge in [-0.2, -0.15) is 0 Å². The molecule has 47 heavy (non-hydrogen) atoms. The Morgan fingerprint density at radius 2 is 1.68 bits per heavy atom. The molecule has 0 radical (unpaired) electrons. The smallest absolute Gasteiger partial charge is 0.251 e. The second kappa shape index (κ2) is 14.1. The first-order valence-corrected chi connectivity index (χ1v) is 17.7. The van der Waals surface area contributed by atoms with Crippen molar-refractivity contribution in [2.45, 2.75) is 55.2 Å². The van der Waals surface area contributed by atoms with Crippen molar-refractivity contribution >= 4 is 45.9 Å². The number of fused-ring (bicyclic) bond motifs is 2. The third-order valence-corrected chi connectivity index (χ3v) is 12.4. The Morgan fingerprint density at radius 1 is 0.957 bits per heavy atom. The predicted octanol–water partition coefficient (Wildman–Crippen LogP) is 6.07. The minimum absolute atomic E-state index is 0.0378. The van der Waals surface area contributed by atoms with E-state index in [0.29, 0.717) is 39.0 Å². The quantitative estimate of drug-likeness (QED) is 0.169. The van der Waals surface area contributed by atoms with Crippen LogP contribution in [0.2, 0.25) is 0 Å². The number of thioether (sulfide) groups is 1. The number of hydrogen-bond donors (Lipinski definition) is 1. The standard InChI is InChI=1S/C39H45N3O4S/c1-4-20-40(26-28-14-8-6-9-15-28)36(44)33-32-24-27(3)39(47-32)34(33)37(45)42(22-12-7-13-23-43)35(39)38(46)41(21-5-2)31-19-18-29-16-10-11-17-30(29)25-31/h4-6,8-11,14-19,25,27,32-35,43H,1-2,7,12-13,20-24,26H2,3H3/t27?,32-,33+,34-,35?,39?/m0/s1. The van der Waals surface area contributed by atoms with E-state index in [-0.39, 0.29) is 35.5 Å². The molecule has 0 saturated carbocycles. The van der Waals surface area contributed by atoms with Gasteiger partial charge in [0.25, 0.3) is 5.91 Å². The molecule has 246 valence electrons. The van der Waals surface area contributed by atoms with Crippen LogP contribution in [0.3, 0.4) is 0 Å². The summed E-state index contributed by atoms with van der Waals surface area (Å²) in [4.78, 5) is 49.7. The lowest BCUT2D eigenvalue weighted by molar-refractivity contribution is -0.144. The number of rotatable bonds is 14. The Morgan fingerprint density at radius 3 is 2.40 bits per heavy atom. The van der Waals surface area contributed by atoms with E-state index in [4.69, 9.17) is 0 Å². The summed E-state index contributed by atoms with van der Waals surface area (Å²) in [6.07, 6.45) is 6.31. The van der Waals surface area contributed by atoms with Crippen molar-refractivity contribution in [2.24, 2.45) is 17.8 Å². The van der Waals surface area contributed by atoms with Crippen LogP contribution in [-0.2, 0) is 20.9 Å². The molecule has 0 aromatic heterocycles. The molecule has 3 aliphatic rings. The zero-order valence-electron chi connectivity index (χ0n) is 27.2. The minimum Gasteiger partial charge on any atom is -0.396 e. The molecule has 3 aromatic rings. The molecular weight excluding hydrogens is 607 g/mol. The zero-order valence-corrected chi connectivity index (χ0v) is 28.0. The van der Waals surface area contributed by atoms with Gasteiger partial charge in [0.1, 0.15) is 6.04 Å². The van der Waals surface area contributed by atoms with E-state index < -0.39 is 22.6 Å². The van der Waals surface area contributed by atoms with Crippen molar-refractivity contribution in [1.29, 1.82) is 0 Å². The second-order valence-corrected chi connectivity index (χ2v) is 14.7. The molecule has 3 unspecified atom stereocenters. The van der Waals surface area contributed by atoms with Crippen LogP contribution in [0, 0.1) is 17.8 Å². The lowest BCUT2D eigenvalue weighted by Crippen LogP contribution is -2.57. The highest BCUT2D eigenvalue weighted by Crippen LogP contribution is 2.69. The van der Waals surface area contributed by atoms with Gasteiger partial charge < -0.3 is 19.8 Å². The normalized spacial score (nSPS) is 26.0. The maximum Gasteiger partial charge on any atom is 0.251 e. The average molecular weight is 652 g/mol. The van der Waals surface area contributed by atoms with E-state index in [1.807, 2.05) is 77.7 Å². The number of carbonyl (C=O) groups is 3. The van der Waals surface area contributed by atoms with Crippen LogP contribution in [0.5, 0.6) is 0 Å². The van der Waals surface area contributed by atoms with Crippen LogP contribution in [-0.4, -0.2) is 74.9 Å². The molecule has 3 saturated heterocycles. The van der Waals surface area contributed by atoms with E-state index in [2.05, 4.69) is 20.1 Å². The van der Waals surface area contributed by atoms with E-state index in [1.165, 1.54) is 0 Å². The number of likely N-dealkylation sites (tertiary alicyclic amines) is 1. The van der Waals surface area contributed by atoms with Gasteiger partial charge in [-0.3, -0.25) is 14.4 Å². The van der Waals surface area contributed by atoms with Gasteiger partial charge in [0.2, 0.25) is 11.8 Å². The van der Waals surface area contributed by atoms with E-state index in [1.54, 1.807) is 33.7 Å². The van der Waals surface area contributed by atoms with Gasteiger partial charge in [0, 0.05) is 43.7 Å². The zero-order chi connectivity index (χ0) is 33.1. The summed E-state index contributed by atoms with van der Waals surface area (Å²) in [5.74, 6) is -1.30. The molecule has 6 atom stereocenters. The first kappa shape index (κ1) is 33.0. The van der Waals surface area contributed by atoms with Gasteiger partial charge in [0.15, 0.2) is 0 Å². The van der Waals surface area contributed by atoms with E-state index >= 15 is 4.79 Å². The molecule has 0 aliphatic carbocycles. The highest BCUT2D eigenvalue weighted by atomic mass is 32.2. The average Bonchev–Trinajstić information content (AvgIpc) is 3.68. The Balaban J connectivity index is 1.39. The lowest BCUT2D eigenvalue weighted by atomic mass is 9.65. The molecule has 3 heterocycles. The summed E-state index contributed by atoms with van der Waals surface area (Å²) in [5.41, 5.74) is 1.78. The molecule has 2 bridgehead atoms. The van der Waals surface area contributed by atoms with Crippen LogP contribution < -0.4 is 4.90 Å². The first-order chi connectivity index (χ1) is 22.8.